The zero-order valence-corrected chi connectivity index (χ0v) is 28.0. The summed E-state index contributed by atoms with van der Waals surface area (Å²) in [5, 5.41) is 22.1. The summed E-state index contributed by atoms with van der Waals surface area (Å²) < 4.78 is 0. The van der Waals surface area contributed by atoms with Gasteiger partial charge in [-0.1, -0.05) is 56.3 Å². The SMILES string of the molecule is CC(C)C[C@H](NC(=O)[C@H](Cc1ccccc1)NC(=O)CNC(=O)CNC(=O)[C@@H](N)Cc1ccc(O)cc1)C(=O)N[C@@H](Cc1cnc[nH]1)C(N)=O. The summed E-state index contributed by atoms with van der Waals surface area (Å²) >= 11 is 0. The van der Waals surface area contributed by atoms with E-state index in [1.165, 1.54) is 24.7 Å². The zero-order chi connectivity index (χ0) is 36.6. The van der Waals surface area contributed by atoms with E-state index in [-0.39, 0.29) is 37.4 Å². The van der Waals surface area contributed by atoms with E-state index in [4.69, 9.17) is 11.5 Å². The Balaban J connectivity index is 1.59. The molecule has 0 saturated carbocycles. The number of hydrogen-bond donors (Lipinski definition) is 9. The summed E-state index contributed by atoms with van der Waals surface area (Å²) in [6.07, 6.45) is 3.47. The molecular weight excluding hydrogens is 646 g/mol. The average Bonchev–Trinajstić information content (AvgIpc) is 3.59. The molecule has 4 atom stereocenters. The van der Waals surface area contributed by atoms with Gasteiger partial charge in [0.05, 0.1) is 25.5 Å². The number of nitrogens with two attached hydrogens (primary N) is 2. The average molecular weight is 692 g/mol. The minimum Gasteiger partial charge on any atom is -0.508 e. The molecule has 16 heteroatoms. The van der Waals surface area contributed by atoms with Gasteiger partial charge >= 0.3 is 0 Å². The molecule has 1 heterocycles. The summed E-state index contributed by atoms with van der Waals surface area (Å²) in [5.41, 5.74) is 13.5. The predicted molar refractivity (Wildman–Crippen MR) is 183 cm³/mol. The van der Waals surface area contributed by atoms with Gasteiger partial charge < -0.3 is 48.1 Å². The first-order valence-electron chi connectivity index (χ1n) is 16.1. The molecule has 2 aromatic carbocycles. The Hall–Kier alpha value is -5.77. The van der Waals surface area contributed by atoms with Crippen LogP contribution in [0.15, 0.2) is 67.1 Å². The van der Waals surface area contributed by atoms with Gasteiger partial charge in [-0.3, -0.25) is 28.8 Å². The number of H-pyrrole nitrogens is 1. The molecule has 6 amide bonds. The number of carbonyl (C=O) groups excluding carboxylic acids is 6. The first-order valence-corrected chi connectivity index (χ1v) is 16.1. The lowest BCUT2D eigenvalue weighted by Gasteiger charge is -2.26. The zero-order valence-electron chi connectivity index (χ0n) is 28.0. The monoisotopic (exact) mass is 691 g/mol. The van der Waals surface area contributed by atoms with Crippen molar-refractivity contribution in [3.63, 3.8) is 0 Å². The fraction of sp³-hybridized carbons (Fsp3) is 0.382. The Kier molecular flexibility index (Phi) is 14.9. The van der Waals surface area contributed by atoms with Gasteiger partial charge in [-0.15, -0.1) is 0 Å². The third kappa shape index (κ3) is 13.4. The minimum atomic E-state index is -1.14. The van der Waals surface area contributed by atoms with Gasteiger partial charge in [-0.2, -0.15) is 0 Å². The minimum absolute atomic E-state index is 0.0362. The van der Waals surface area contributed by atoms with E-state index in [1.807, 2.05) is 13.8 Å². The number of amides is 6. The standard InChI is InChI=1S/C34H45N9O7/c1-20(2)12-27(33(49)42-26(31(36)47)15-23-16-37-19-40-23)43-34(50)28(14-21-6-4-3-5-7-21)41-30(46)18-38-29(45)17-39-32(48)25(35)13-22-8-10-24(44)11-9-22/h3-11,16,19-20,25-28,44H,12-15,17-18,35H2,1-2H3,(H2,36,47)(H,37,40)(H,38,45)(H,39,48)(H,41,46)(H,42,49)(H,43,50)/t25-,26-,27-,28-/m0/s1. The Bertz CT molecular complexity index is 1580. The second-order valence-corrected chi connectivity index (χ2v) is 12.2. The van der Waals surface area contributed by atoms with Crippen LogP contribution >= 0.6 is 0 Å². The van der Waals surface area contributed by atoms with Crippen LogP contribution in [0, 0.1) is 5.92 Å². The number of phenols is 1. The second-order valence-electron chi connectivity index (χ2n) is 12.2. The summed E-state index contributed by atoms with van der Waals surface area (Å²) in [7, 11) is 0. The lowest BCUT2D eigenvalue weighted by Crippen LogP contribution is -2.58. The number of carbonyl (C=O) groups is 6. The van der Waals surface area contributed by atoms with Crippen molar-refractivity contribution in [2.24, 2.45) is 17.4 Å². The van der Waals surface area contributed by atoms with E-state index in [0.29, 0.717) is 5.69 Å². The highest BCUT2D eigenvalue weighted by Gasteiger charge is 2.30. The highest BCUT2D eigenvalue weighted by atomic mass is 16.3. The van der Waals surface area contributed by atoms with Crippen LogP contribution in [0.3, 0.4) is 0 Å². The Labute approximate surface area is 289 Å². The summed E-state index contributed by atoms with van der Waals surface area (Å²) in [5.74, 6) is -3.95. The second kappa shape index (κ2) is 19.3. The highest BCUT2D eigenvalue weighted by molar-refractivity contribution is 5.95. The van der Waals surface area contributed by atoms with Crippen molar-refractivity contribution < 1.29 is 33.9 Å². The number of nitrogens with one attached hydrogen (secondary N) is 6. The molecule has 3 aromatic rings. The van der Waals surface area contributed by atoms with E-state index in [1.54, 1.807) is 42.5 Å². The van der Waals surface area contributed by atoms with Crippen molar-refractivity contribution in [2.45, 2.75) is 63.7 Å². The normalized spacial score (nSPS) is 13.3. The number of nitrogens with zero attached hydrogens (tertiary/aromatic N) is 1. The van der Waals surface area contributed by atoms with Crippen LogP contribution in [0.1, 0.15) is 37.1 Å². The maximum absolute atomic E-state index is 13.6. The molecule has 1 aromatic heterocycles. The number of benzene rings is 2. The number of imidazole rings is 1. The lowest BCUT2D eigenvalue weighted by atomic mass is 10.0. The molecular formula is C34H45N9O7. The highest BCUT2D eigenvalue weighted by Crippen LogP contribution is 2.11. The van der Waals surface area contributed by atoms with Gasteiger partial charge in [0.1, 0.15) is 23.9 Å². The van der Waals surface area contributed by atoms with E-state index < -0.39 is 72.7 Å². The summed E-state index contributed by atoms with van der Waals surface area (Å²) in [6.45, 7) is 2.78. The molecule has 0 aliphatic rings. The van der Waals surface area contributed by atoms with Gasteiger partial charge in [0.15, 0.2) is 0 Å². The summed E-state index contributed by atoms with van der Waals surface area (Å²) in [4.78, 5) is 83.5. The molecule has 0 saturated heterocycles. The van der Waals surface area contributed by atoms with Gasteiger partial charge in [0.2, 0.25) is 35.4 Å². The van der Waals surface area contributed by atoms with Crippen LogP contribution in [-0.4, -0.2) is 87.8 Å². The first-order chi connectivity index (χ1) is 23.8. The lowest BCUT2D eigenvalue weighted by molar-refractivity contribution is -0.133. The molecule has 11 N–H and O–H groups in total. The number of hydrogen-bond acceptors (Lipinski definition) is 9. The molecule has 0 spiro atoms. The van der Waals surface area contributed by atoms with Gasteiger partial charge in [0.25, 0.3) is 0 Å². The van der Waals surface area contributed by atoms with Crippen LogP contribution in [0.5, 0.6) is 5.75 Å². The molecule has 0 aliphatic heterocycles. The fourth-order valence-corrected chi connectivity index (χ4v) is 4.91. The molecule has 0 aliphatic carbocycles. The van der Waals surface area contributed by atoms with Crippen molar-refractivity contribution in [1.29, 1.82) is 0 Å². The maximum Gasteiger partial charge on any atom is 0.243 e. The topological polar surface area (TPSA) is 264 Å². The van der Waals surface area contributed by atoms with Crippen molar-refractivity contribution in [3.05, 3.63) is 83.9 Å². The Morgan fingerprint density at radius 1 is 0.740 bits per heavy atom. The van der Waals surface area contributed by atoms with E-state index >= 15 is 0 Å². The van der Waals surface area contributed by atoms with Crippen LogP contribution < -0.4 is 38.1 Å². The number of aromatic nitrogens is 2. The number of rotatable bonds is 19. The Morgan fingerprint density at radius 3 is 1.98 bits per heavy atom. The first kappa shape index (κ1) is 38.7. The maximum atomic E-state index is 13.6. The van der Waals surface area contributed by atoms with Crippen LogP contribution in [0.4, 0.5) is 0 Å². The predicted octanol–water partition coefficient (Wildman–Crippen LogP) is -1.31. The van der Waals surface area contributed by atoms with Crippen molar-refractivity contribution >= 4 is 35.4 Å². The Morgan fingerprint density at radius 2 is 1.36 bits per heavy atom. The number of phenolic OH excluding ortho intramolecular Hbond substituents is 1. The fourth-order valence-electron chi connectivity index (χ4n) is 4.91. The van der Waals surface area contributed by atoms with E-state index in [0.717, 1.165) is 11.1 Å². The van der Waals surface area contributed by atoms with Gasteiger partial charge in [-0.05, 0) is 42.0 Å². The van der Waals surface area contributed by atoms with Crippen molar-refractivity contribution in [2.75, 3.05) is 13.1 Å². The van der Waals surface area contributed by atoms with Crippen LogP contribution in [0.2, 0.25) is 0 Å². The third-order valence-corrected chi connectivity index (χ3v) is 7.51. The molecule has 3 rings (SSSR count). The van der Waals surface area contributed by atoms with Gasteiger partial charge in [-0.25, -0.2) is 4.98 Å². The molecule has 0 radical (unpaired) electrons. The van der Waals surface area contributed by atoms with Crippen LogP contribution in [0.25, 0.3) is 0 Å². The molecule has 0 fully saturated rings. The van der Waals surface area contributed by atoms with Gasteiger partial charge in [0, 0.05) is 24.7 Å². The van der Waals surface area contributed by atoms with Crippen molar-refractivity contribution in [1.82, 2.24) is 36.6 Å². The van der Waals surface area contributed by atoms with E-state index in [2.05, 4.69) is 36.6 Å². The number of aromatic amines is 1. The molecule has 0 bridgehead atoms. The number of primary amides is 1. The summed E-state index contributed by atoms with van der Waals surface area (Å²) in [6, 6.07) is 10.9. The largest absolute Gasteiger partial charge is 0.508 e. The third-order valence-electron chi connectivity index (χ3n) is 7.51. The van der Waals surface area contributed by atoms with Crippen molar-refractivity contribution in [3.8, 4) is 5.75 Å². The van der Waals surface area contributed by atoms with Crippen LogP contribution in [-0.2, 0) is 48.0 Å². The number of aromatic hydroxyl groups is 1. The smallest absolute Gasteiger partial charge is 0.243 e. The molecule has 16 nitrogen and oxygen atoms in total. The quantitative estimate of drug-likeness (QED) is 0.0722. The molecule has 50 heavy (non-hydrogen) atoms. The molecule has 268 valence electrons. The van der Waals surface area contributed by atoms with E-state index in [9.17, 15) is 33.9 Å². The molecule has 0 unspecified atom stereocenters.